The van der Waals surface area contributed by atoms with Gasteiger partial charge in [0.15, 0.2) is 17.6 Å². The fourth-order valence-electron chi connectivity index (χ4n) is 7.71. The minimum absolute atomic E-state index is 0.133. The Bertz CT molecular complexity index is 1510. The lowest BCUT2D eigenvalue weighted by molar-refractivity contribution is -0.174. The van der Waals surface area contributed by atoms with Crippen molar-refractivity contribution >= 4 is 29.7 Å². The molecule has 1 aromatic carbocycles. The van der Waals surface area contributed by atoms with Gasteiger partial charge in [-0.15, -0.1) is 0 Å². The predicted molar refractivity (Wildman–Crippen MR) is 168 cm³/mol. The summed E-state index contributed by atoms with van der Waals surface area (Å²) in [5, 5.41) is 27.1. The molecule has 2 aliphatic heterocycles. The lowest BCUT2D eigenvalue weighted by Crippen LogP contribution is -2.74. The van der Waals surface area contributed by atoms with E-state index in [0.29, 0.717) is 50.3 Å². The summed E-state index contributed by atoms with van der Waals surface area (Å²) in [6, 6.07) is 1.35. The number of ether oxygens (including phenoxy) is 4. The highest BCUT2D eigenvalue weighted by Gasteiger charge is 2.72. The Morgan fingerprint density at radius 3 is 2.60 bits per heavy atom. The smallest absolute Gasteiger partial charge is 0.345 e. The third-order valence-electron chi connectivity index (χ3n) is 10.0. The van der Waals surface area contributed by atoms with Crippen LogP contribution in [-0.2, 0) is 45.3 Å². The first-order chi connectivity index (χ1) is 22.8. The lowest BCUT2D eigenvalue weighted by atomic mass is 9.50. The van der Waals surface area contributed by atoms with Gasteiger partial charge in [-0.1, -0.05) is 6.07 Å². The van der Waals surface area contributed by atoms with E-state index in [1.807, 2.05) is 19.2 Å². The molecule has 48 heavy (non-hydrogen) atoms. The maximum atomic E-state index is 13.2. The van der Waals surface area contributed by atoms with Crippen LogP contribution in [0.5, 0.6) is 11.5 Å². The molecular formula is C33H44N4O11. The van der Waals surface area contributed by atoms with Crippen molar-refractivity contribution in [2.45, 2.75) is 100 Å². The topological polar surface area (TPSA) is 216 Å². The van der Waals surface area contributed by atoms with Crippen LogP contribution in [0.2, 0.25) is 0 Å². The van der Waals surface area contributed by atoms with Crippen molar-refractivity contribution in [3.8, 4) is 11.5 Å². The van der Waals surface area contributed by atoms with Crippen LogP contribution >= 0.6 is 0 Å². The van der Waals surface area contributed by atoms with Crippen molar-refractivity contribution in [3.05, 3.63) is 35.1 Å². The van der Waals surface area contributed by atoms with E-state index < -0.39 is 71.5 Å². The van der Waals surface area contributed by atoms with E-state index in [1.54, 1.807) is 6.08 Å². The third-order valence-corrected chi connectivity index (χ3v) is 10.0. The molecule has 7 atom stereocenters. The normalized spacial score (nSPS) is 26.8. The number of carbonyl (C=O) groups is 5. The van der Waals surface area contributed by atoms with Crippen molar-refractivity contribution < 1.29 is 53.1 Å². The Morgan fingerprint density at radius 1 is 1.19 bits per heavy atom. The minimum atomic E-state index is -1.92. The Hall–Kier alpha value is -4.21. The zero-order valence-electron chi connectivity index (χ0n) is 27.6. The average Bonchev–Trinajstić information content (AvgIpc) is 3.39. The maximum absolute atomic E-state index is 13.2. The quantitative estimate of drug-likeness (QED) is 0.131. The largest absolute Gasteiger partial charge is 0.493 e. The van der Waals surface area contributed by atoms with Gasteiger partial charge in [0.05, 0.1) is 24.5 Å². The number of nitrogens with zero attached hydrogens (tertiary/aromatic N) is 1. The third kappa shape index (κ3) is 6.10. The Morgan fingerprint density at radius 2 is 1.94 bits per heavy atom. The van der Waals surface area contributed by atoms with Crippen LogP contribution in [0.4, 0.5) is 0 Å². The fraction of sp³-hybridized carbons (Fsp3) is 0.606. The van der Waals surface area contributed by atoms with E-state index in [9.17, 15) is 34.2 Å². The van der Waals surface area contributed by atoms with Gasteiger partial charge in [0.1, 0.15) is 17.8 Å². The number of aliphatic carboxylic acids is 1. The fourth-order valence-corrected chi connectivity index (χ4v) is 7.71. The van der Waals surface area contributed by atoms with Gasteiger partial charge in [-0.2, -0.15) is 0 Å². The molecule has 6 N–H and O–H groups in total. The minimum Gasteiger partial charge on any atom is -0.493 e. The van der Waals surface area contributed by atoms with Gasteiger partial charge >= 0.3 is 17.9 Å². The SMILES string of the molecule is COc1ccc2c3c1O[C@H]1C(OC(=O)C[C@H](OC(=O)[C@H](C)NC(=O)[C@H](CCCCN)NC(C)=O)C(=O)O)=CC[C@@]4(O)[C@@H](C2)N(C)CC[C@]314. The lowest BCUT2D eigenvalue weighted by Gasteiger charge is -2.61. The van der Waals surface area contributed by atoms with Gasteiger partial charge in [-0.25, -0.2) is 9.59 Å². The number of likely N-dealkylation sites (tertiary alicyclic amines) is 1. The summed E-state index contributed by atoms with van der Waals surface area (Å²) in [4.78, 5) is 64.6. The summed E-state index contributed by atoms with van der Waals surface area (Å²) in [6.45, 7) is 3.62. The summed E-state index contributed by atoms with van der Waals surface area (Å²) in [5.74, 6) is -3.66. The number of methoxy groups -OCH3 is 1. The number of carbonyl (C=O) groups excluding carboxylic acids is 4. The highest BCUT2D eigenvalue weighted by atomic mass is 16.6. The Kier molecular flexibility index (Phi) is 10.0. The molecule has 262 valence electrons. The molecule has 1 fully saturated rings. The molecule has 2 amide bonds. The number of aliphatic hydroxyl groups is 1. The molecular weight excluding hydrogens is 628 g/mol. The second-order valence-corrected chi connectivity index (χ2v) is 13.0. The molecule has 1 aromatic rings. The zero-order valence-corrected chi connectivity index (χ0v) is 27.6. The van der Waals surface area contributed by atoms with Gasteiger partial charge in [-0.3, -0.25) is 14.4 Å². The van der Waals surface area contributed by atoms with Gasteiger partial charge < -0.3 is 50.4 Å². The monoisotopic (exact) mass is 672 g/mol. The molecule has 2 aliphatic carbocycles. The second-order valence-electron chi connectivity index (χ2n) is 13.0. The number of benzene rings is 1. The molecule has 0 radical (unpaired) electrons. The standard InChI is InChI=1S/C33H44N4O11/c1-17(35-29(40)20(36-18(2)38)7-5-6-13-34)31(43)47-23(30(41)42)16-25(39)46-22-10-11-33(44)24-15-19-8-9-21(45-4)27-26(19)32(33,28(22)48-27)12-14-37(24)3/h8-10,17,20,23-24,28,44H,5-7,11-16,34H2,1-4H3,(H,35,40)(H,36,38)(H,41,42)/t17-,20-,23-,24+,28-,32-,33+/m0/s1. The molecule has 2 bridgehead atoms. The van der Waals surface area contributed by atoms with E-state index in [0.717, 1.165) is 11.1 Å². The molecule has 0 aromatic heterocycles. The number of likely N-dealkylation sites (N-methyl/N-ethyl adjacent to an activating group) is 1. The van der Waals surface area contributed by atoms with Gasteiger partial charge in [-0.05, 0) is 76.9 Å². The molecule has 15 nitrogen and oxygen atoms in total. The molecule has 2 heterocycles. The highest BCUT2D eigenvalue weighted by molar-refractivity contribution is 5.91. The predicted octanol–water partition coefficient (Wildman–Crippen LogP) is 0.0410. The number of amides is 2. The van der Waals surface area contributed by atoms with E-state index in [-0.39, 0.29) is 24.6 Å². The summed E-state index contributed by atoms with van der Waals surface area (Å²) < 4.78 is 22.9. The summed E-state index contributed by atoms with van der Waals surface area (Å²) in [7, 11) is 3.49. The maximum Gasteiger partial charge on any atom is 0.345 e. The molecule has 1 saturated heterocycles. The Balaban J connectivity index is 1.28. The number of nitrogens with one attached hydrogen (secondary N) is 2. The molecule has 4 aliphatic rings. The second kappa shape index (κ2) is 13.7. The molecule has 5 rings (SSSR count). The van der Waals surface area contributed by atoms with Crippen LogP contribution in [0.15, 0.2) is 24.0 Å². The number of carboxylic acid groups (broad SMARTS) is 1. The first kappa shape index (κ1) is 35.1. The molecule has 1 spiro atoms. The van der Waals surface area contributed by atoms with E-state index in [4.69, 9.17) is 24.7 Å². The van der Waals surface area contributed by atoms with Crippen molar-refractivity contribution in [1.29, 1.82) is 0 Å². The van der Waals surface area contributed by atoms with Crippen molar-refractivity contribution in [2.24, 2.45) is 5.73 Å². The van der Waals surface area contributed by atoms with E-state index in [2.05, 4.69) is 15.5 Å². The van der Waals surface area contributed by atoms with Gasteiger partial charge in [0.25, 0.3) is 0 Å². The van der Waals surface area contributed by atoms with Crippen LogP contribution in [0.1, 0.15) is 63.5 Å². The number of piperidine rings is 1. The number of hydrogen-bond acceptors (Lipinski definition) is 12. The highest BCUT2D eigenvalue weighted by Crippen LogP contribution is 2.65. The van der Waals surface area contributed by atoms with Gasteiger partial charge in [0, 0.05) is 24.9 Å². The summed E-state index contributed by atoms with van der Waals surface area (Å²) in [6.07, 6.45) is 0.716. The number of rotatable bonds is 14. The Labute approximate surface area is 278 Å². The number of nitrogens with two attached hydrogens (primary N) is 1. The van der Waals surface area contributed by atoms with Crippen LogP contribution in [0.3, 0.4) is 0 Å². The molecule has 0 unspecified atom stereocenters. The number of carboxylic acids is 1. The number of hydrogen-bond donors (Lipinski definition) is 5. The first-order valence-corrected chi connectivity index (χ1v) is 16.2. The first-order valence-electron chi connectivity index (χ1n) is 16.2. The molecule has 15 heteroatoms. The van der Waals surface area contributed by atoms with Crippen molar-refractivity contribution in [3.63, 3.8) is 0 Å². The number of unbranched alkanes of at least 4 members (excludes halogenated alkanes) is 1. The average molecular weight is 673 g/mol. The van der Waals surface area contributed by atoms with Crippen LogP contribution < -0.4 is 25.8 Å². The summed E-state index contributed by atoms with van der Waals surface area (Å²) in [5.41, 5.74) is 5.20. The van der Waals surface area contributed by atoms with E-state index in [1.165, 1.54) is 21.0 Å². The summed E-state index contributed by atoms with van der Waals surface area (Å²) >= 11 is 0. The molecule has 0 saturated carbocycles. The number of esters is 2. The van der Waals surface area contributed by atoms with Crippen molar-refractivity contribution in [1.82, 2.24) is 15.5 Å². The van der Waals surface area contributed by atoms with Gasteiger partial charge in [0.2, 0.25) is 17.9 Å². The van der Waals surface area contributed by atoms with E-state index >= 15 is 0 Å². The van der Waals surface area contributed by atoms with Crippen LogP contribution in [0, 0.1) is 0 Å². The zero-order chi connectivity index (χ0) is 35.0. The van der Waals surface area contributed by atoms with Crippen molar-refractivity contribution in [2.75, 3.05) is 27.2 Å². The van der Waals surface area contributed by atoms with Crippen LogP contribution in [-0.4, -0.2) is 108 Å². The van der Waals surface area contributed by atoms with Crippen LogP contribution in [0.25, 0.3) is 0 Å².